The van der Waals surface area contributed by atoms with Crippen LogP contribution in [0, 0.1) is 0 Å². The number of hydrogen-bond donors (Lipinski definition) is 0. The summed E-state index contributed by atoms with van der Waals surface area (Å²) in [6, 6.07) is 7.44. The van der Waals surface area contributed by atoms with Crippen molar-refractivity contribution in [2.45, 2.75) is 6.92 Å². The third-order valence-corrected chi connectivity index (χ3v) is 3.37. The number of nitrogens with zero attached hydrogens (tertiary/aromatic N) is 3. The molecule has 0 radical (unpaired) electrons. The first-order valence-electron chi connectivity index (χ1n) is 6.02. The Bertz CT molecular complexity index is 813. The fraction of sp³-hybridized carbons (Fsp3) is 0.143. The molecular formula is C14H12ClN3O2. The van der Waals surface area contributed by atoms with Crippen LogP contribution in [0.15, 0.2) is 36.7 Å². The molecule has 0 N–H and O–H groups in total. The van der Waals surface area contributed by atoms with E-state index in [-0.39, 0.29) is 5.91 Å². The second-order valence-corrected chi connectivity index (χ2v) is 4.78. The van der Waals surface area contributed by atoms with E-state index < -0.39 is 0 Å². The molecule has 0 saturated carbocycles. The van der Waals surface area contributed by atoms with Crippen molar-refractivity contribution in [1.82, 2.24) is 9.66 Å². The van der Waals surface area contributed by atoms with Crippen LogP contribution in [0.4, 0.5) is 0 Å². The molecule has 0 aliphatic rings. The molecule has 2 aromatic heterocycles. The number of hydroxylamine groups is 1. The van der Waals surface area contributed by atoms with Gasteiger partial charge in [-0.25, -0.2) is 4.68 Å². The molecule has 1 aromatic carbocycles. The van der Waals surface area contributed by atoms with Gasteiger partial charge in [0, 0.05) is 28.9 Å². The van der Waals surface area contributed by atoms with Crippen molar-refractivity contribution < 1.29 is 9.63 Å². The van der Waals surface area contributed by atoms with E-state index in [0.29, 0.717) is 5.02 Å². The van der Waals surface area contributed by atoms with Crippen molar-refractivity contribution in [1.29, 1.82) is 0 Å². The van der Waals surface area contributed by atoms with Gasteiger partial charge in [-0.15, -0.1) is 5.17 Å². The normalized spacial score (nSPS) is 11.2. The molecule has 0 unspecified atom stereocenters. The molecule has 0 saturated heterocycles. The van der Waals surface area contributed by atoms with E-state index in [2.05, 4.69) is 4.98 Å². The highest BCUT2D eigenvalue weighted by atomic mass is 35.5. The van der Waals surface area contributed by atoms with Crippen LogP contribution < -0.4 is 5.17 Å². The molecule has 102 valence electrons. The number of fused-ring (bicyclic) bond motifs is 3. The lowest BCUT2D eigenvalue weighted by Gasteiger charge is -2.20. The molecule has 0 fully saturated rings. The Morgan fingerprint density at radius 2 is 2.05 bits per heavy atom. The quantitative estimate of drug-likeness (QED) is 0.682. The molecule has 1 amide bonds. The summed E-state index contributed by atoms with van der Waals surface area (Å²) in [5, 5.41) is 3.74. The zero-order valence-electron chi connectivity index (χ0n) is 11.0. The molecule has 0 aliphatic heterocycles. The molecule has 3 rings (SSSR count). The van der Waals surface area contributed by atoms with Crippen LogP contribution in [0.3, 0.4) is 0 Å². The highest BCUT2D eigenvalue weighted by molar-refractivity contribution is 6.31. The van der Waals surface area contributed by atoms with Crippen LogP contribution >= 0.6 is 11.6 Å². The van der Waals surface area contributed by atoms with Gasteiger partial charge in [-0.05, 0) is 18.2 Å². The van der Waals surface area contributed by atoms with Gasteiger partial charge >= 0.3 is 0 Å². The third kappa shape index (κ3) is 1.83. The summed E-state index contributed by atoms with van der Waals surface area (Å²) in [6.07, 6.45) is 3.41. The van der Waals surface area contributed by atoms with Crippen LogP contribution in [-0.2, 0) is 9.63 Å². The standard InChI is InChI=1S/C14H12ClN3O2/c1-9(19)18(20-2)17-13-7-10(15)3-4-11(13)12-5-6-16-8-14(12)17/h3-8H,1-2H3. The van der Waals surface area contributed by atoms with Gasteiger partial charge in [0.25, 0.3) is 5.91 Å². The number of carbonyl (C=O) groups excluding carboxylic acids is 1. The highest BCUT2D eigenvalue weighted by Crippen LogP contribution is 2.30. The minimum absolute atomic E-state index is 0.241. The Kier molecular flexibility index (Phi) is 3.08. The molecule has 0 bridgehead atoms. The first-order chi connectivity index (χ1) is 9.63. The number of benzene rings is 1. The molecule has 3 aromatic rings. The summed E-state index contributed by atoms with van der Waals surface area (Å²) in [4.78, 5) is 21.1. The second-order valence-electron chi connectivity index (χ2n) is 4.34. The lowest BCUT2D eigenvalue weighted by Crippen LogP contribution is -2.37. The fourth-order valence-corrected chi connectivity index (χ4v) is 2.53. The average molecular weight is 290 g/mol. The van der Waals surface area contributed by atoms with Crippen molar-refractivity contribution in [3.8, 4) is 0 Å². The molecule has 20 heavy (non-hydrogen) atoms. The van der Waals surface area contributed by atoms with Crippen molar-refractivity contribution in [2.75, 3.05) is 12.3 Å². The Labute approximate surface area is 120 Å². The Morgan fingerprint density at radius 1 is 1.30 bits per heavy atom. The molecule has 0 spiro atoms. The zero-order chi connectivity index (χ0) is 14.3. The van der Waals surface area contributed by atoms with Gasteiger partial charge in [-0.1, -0.05) is 17.7 Å². The number of carbonyl (C=O) groups is 1. The predicted octanol–water partition coefficient (Wildman–Crippen LogP) is 2.89. The van der Waals surface area contributed by atoms with E-state index in [0.717, 1.165) is 21.8 Å². The minimum atomic E-state index is -0.241. The minimum Gasteiger partial charge on any atom is -0.271 e. The molecular weight excluding hydrogens is 278 g/mol. The smallest absolute Gasteiger partial charge is 0.264 e. The predicted molar refractivity (Wildman–Crippen MR) is 78.2 cm³/mol. The first kappa shape index (κ1) is 12.9. The fourth-order valence-electron chi connectivity index (χ4n) is 2.37. The molecule has 0 atom stereocenters. The van der Waals surface area contributed by atoms with E-state index >= 15 is 0 Å². The monoisotopic (exact) mass is 289 g/mol. The number of rotatable bonds is 2. The molecule has 5 nitrogen and oxygen atoms in total. The van der Waals surface area contributed by atoms with Gasteiger partial charge in [0.2, 0.25) is 0 Å². The largest absolute Gasteiger partial charge is 0.271 e. The van der Waals surface area contributed by atoms with Gasteiger partial charge in [0.05, 0.1) is 24.3 Å². The summed E-state index contributed by atoms with van der Waals surface area (Å²) in [6.45, 7) is 1.43. The van der Waals surface area contributed by atoms with E-state index in [9.17, 15) is 4.79 Å². The lowest BCUT2D eigenvalue weighted by molar-refractivity contribution is -0.126. The van der Waals surface area contributed by atoms with Crippen LogP contribution in [0.25, 0.3) is 21.8 Å². The van der Waals surface area contributed by atoms with Gasteiger partial charge < -0.3 is 0 Å². The number of amides is 1. The summed E-state index contributed by atoms with van der Waals surface area (Å²) in [7, 11) is 1.44. The molecule has 6 heteroatoms. The van der Waals surface area contributed by atoms with Gasteiger partial charge in [0.1, 0.15) is 0 Å². The van der Waals surface area contributed by atoms with E-state index in [1.807, 2.05) is 18.2 Å². The van der Waals surface area contributed by atoms with E-state index in [1.54, 1.807) is 23.1 Å². The van der Waals surface area contributed by atoms with Crippen molar-refractivity contribution in [2.24, 2.45) is 0 Å². The van der Waals surface area contributed by atoms with Gasteiger partial charge in [-0.3, -0.25) is 14.6 Å². The summed E-state index contributed by atoms with van der Waals surface area (Å²) >= 11 is 6.07. The Morgan fingerprint density at radius 3 is 2.75 bits per heavy atom. The van der Waals surface area contributed by atoms with Crippen LogP contribution in [0.1, 0.15) is 6.92 Å². The number of pyridine rings is 1. The first-order valence-corrected chi connectivity index (χ1v) is 6.40. The Hall–Kier alpha value is -2.11. The average Bonchev–Trinajstić information content (AvgIpc) is 2.74. The maximum absolute atomic E-state index is 11.8. The Balaban J connectivity index is 2.47. The second kappa shape index (κ2) is 4.77. The number of halogens is 1. The van der Waals surface area contributed by atoms with Crippen molar-refractivity contribution >= 4 is 39.3 Å². The van der Waals surface area contributed by atoms with Crippen molar-refractivity contribution in [3.63, 3.8) is 0 Å². The highest BCUT2D eigenvalue weighted by Gasteiger charge is 2.18. The topological polar surface area (TPSA) is 47.4 Å². The van der Waals surface area contributed by atoms with Crippen LogP contribution in [0.2, 0.25) is 5.02 Å². The third-order valence-electron chi connectivity index (χ3n) is 3.13. The summed E-state index contributed by atoms with van der Waals surface area (Å²) in [5.74, 6) is -0.241. The van der Waals surface area contributed by atoms with Crippen molar-refractivity contribution in [3.05, 3.63) is 41.7 Å². The van der Waals surface area contributed by atoms with E-state index in [1.165, 1.54) is 19.2 Å². The maximum atomic E-state index is 11.8. The zero-order valence-corrected chi connectivity index (χ0v) is 11.8. The van der Waals surface area contributed by atoms with Crippen LogP contribution in [-0.4, -0.2) is 22.7 Å². The SMILES string of the molecule is CON(C(C)=O)n1c2cnccc2c2ccc(Cl)cc21. The van der Waals surface area contributed by atoms with E-state index in [4.69, 9.17) is 16.4 Å². The van der Waals surface area contributed by atoms with Gasteiger partial charge in [-0.2, -0.15) is 0 Å². The number of aromatic nitrogens is 2. The number of hydrogen-bond acceptors (Lipinski definition) is 3. The summed E-state index contributed by atoms with van der Waals surface area (Å²) < 4.78 is 1.67. The van der Waals surface area contributed by atoms with Crippen LogP contribution in [0.5, 0.6) is 0 Å². The lowest BCUT2D eigenvalue weighted by atomic mass is 10.2. The summed E-state index contributed by atoms with van der Waals surface area (Å²) in [5.41, 5.74) is 1.57. The van der Waals surface area contributed by atoms with Gasteiger partial charge in [0.15, 0.2) is 0 Å². The molecule has 0 aliphatic carbocycles. The maximum Gasteiger partial charge on any atom is 0.264 e. The molecule has 2 heterocycles.